The second-order valence-corrected chi connectivity index (χ2v) is 11.6. The fraction of sp³-hybridized carbons (Fsp3) is 0.147. The van der Waals surface area contributed by atoms with E-state index in [2.05, 4.69) is 10.6 Å². The largest absolute Gasteiger partial charge is 0.489 e. The van der Waals surface area contributed by atoms with Gasteiger partial charge in [-0.25, -0.2) is 4.68 Å². The van der Waals surface area contributed by atoms with Gasteiger partial charge in [0, 0.05) is 22.2 Å². The van der Waals surface area contributed by atoms with Crippen molar-refractivity contribution in [1.29, 1.82) is 0 Å². The van der Waals surface area contributed by atoms with Gasteiger partial charge in [0.15, 0.2) is 0 Å². The highest BCUT2D eigenvalue weighted by Crippen LogP contribution is 2.38. The lowest BCUT2D eigenvalue weighted by Crippen LogP contribution is -2.31. The van der Waals surface area contributed by atoms with Gasteiger partial charge in [0.2, 0.25) is 11.1 Å². The Kier molecular flexibility index (Phi) is 8.49. The molecule has 1 aromatic heterocycles. The number of halogens is 1. The number of amides is 1. The van der Waals surface area contributed by atoms with Crippen LogP contribution in [0.2, 0.25) is 5.02 Å². The number of nitrogens with one attached hydrogen (secondary N) is 2. The maximum atomic E-state index is 13.9. The lowest BCUT2D eigenvalue weighted by atomic mass is 9.95. The van der Waals surface area contributed by atoms with E-state index in [0.717, 1.165) is 33.7 Å². The normalized spacial score (nSPS) is 14.2. The third-order valence-corrected chi connectivity index (χ3v) is 8.49. The van der Waals surface area contributed by atoms with Crippen LogP contribution in [0, 0.1) is 6.92 Å². The number of rotatable bonds is 9. The lowest BCUT2D eigenvalue weighted by Gasteiger charge is -2.29. The predicted molar refractivity (Wildman–Crippen MR) is 173 cm³/mol. The smallest absolute Gasteiger partial charge is 0.255 e. The summed E-state index contributed by atoms with van der Waals surface area (Å²) in [6, 6.07) is 32.8. The summed E-state index contributed by atoms with van der Waals surface area (Å²) in [4.78, 5) is 18.7. The molecular formula is C34H30ClN5O2S. The fourth-order valence-electron chi connectivity index (χ4n) is 4.94. The van der Waals surface area contributed by atoms with Crippen molar-refractivity contribution in [2.75, 3.05) is 10.6 Å². The first-order valence-corrected chi connectivity index (χ1v) is 15.3. The first kappa shape index (κ1) is 28.6. The average molecular weight is 608 g/mol. The van der Waals surface area contributed by atoms with Crippen LogP contribution in [0.15, 0.2) is 120 Å². The Morgan fingerprint density at radius 2 is 1.67 bits per heavy atom. The fourth-order valence-corrected chi connectivity index (χ4v) is 6.06. The van der Waals surface area contributed by atoms with Gasteiger partial charge < -0.3 is 15.4 Å². The van der Waals surface area contributed by atoms with Crippen molar-refractivity contribution >= 4 is 40.9 Å². The minimum atomic E-state index is -0.509. The van der Waals surface area contributed by atoms with Gasteiger partial charge in [0.1, 0.15) is 18.4 Å². The van der Waals surface area contributed by atoms with Crippen molar-refractivity contribution < 1.29 is 9.53 Å². The van der Waals surface area contributed by atoms with E-state index < -0.39 is 6.04 Å². The number of fused-ring (bicyclic) bond motifs is 1. The summed E-state index contributed by atoms with van der Waals surface area (Å²) >= 11 is 7.88. The quantitative estimate of drug-likeness (QED) is 0.165. The van der Waals surface area contributed by atoms with Gasteiger partial charge in [0.05, 0.1) is 5.57 Å². The zero-order valence-electron chi connectivity index (χ0n) is 23.8. The van der Waals surface area contributed by atoms with E-state index in [9.17, 15) is 4.79 Å². The van der Waals surface area contributed by atoms with E-state index >= 15 is 0 Å². The standard InChI is InChI=1S/C34H30ClN5O2S/c1-22-10-6-9-15-29(22)37-32(41)30-23(2)36-33-38-34(43-21-26-13-7-8-14-28(26)35)39-40(33)31(30)25-16-18-27(19-17-25)42-20-24-11-4-3-5-12-24/h3-19,31H,20-21H2,1-2H3,(H,37,41)(H,36,38,39). The Balaban J connectivity index is 1.31. The van der Waals surface area contributed by atoms with Gasteiger partial charge in [-0.3, -0.25) is 4.79 Å². The summed E-state index contributed by atoms with van der Waals surface area (Å²) in [6.45, 7) is 4.33. The number of nitrogens with zero attached hydrogens (tertiary/aromatic N) is 3. The molecule has 0 aliphatic carbocycles. The van der Waals surface area contributed by atoms with Crippen LogP contribution in [0.5, 0.6) is 5.75 Å². The molecule has 0 fully saturated rings. The van der Waals surface area contributed by atoms with Crippen LogP contribution in [0.4, 0.5) is 11.6 Å². The highest BCUT2D eigenvalue weighted by atomic mass is 35.5. The molecule has 0 saturated carbocycles. The molecule has 5 aromatic rings. The number of hydrogen-bond acceptors (Lipinski definition) is 6. The number of carbonyl (C=O) groups excluding carboxylic acids is 1. The van der Waals surface area contributed by atoms with Crippen molar-refractivity contribution in [2.24, 2.45) is 0 Å². The Hall–Kier alpha value is -4.53. The van der Waals surface area contributed by atoms with Crippen LogP contribution in [-0.4, -0.2) is 20.7 Å². The molecule has 4 aromatic carbocycles. The van der Waals surface area contributed by atoms with E-state index in [0.29, 0.717) is 39.8 Å². The summed E-state index contributed by atoms with van der Waals surface area (Å²) in [6.07, 6.45) is 0. The highest BCUT2D eigenvalue weighted by Gasteiger charge is 2.34. The van der Waals surface area contributed by atoms with Crippen molar-refractivity contribution in [3.05, 3.63) is 142 Å². The van der Waals surface area contributed by atoms with Gasteiger partial charge in [-0.05, 0) is 60.4 Å². The third kappa shape index (κ3) is 6.45. The molecule has 0 radical (unpaired) electrons. The lowest BCUT2D eigenvalue weighted by molar-refractivity contribution is -0.113. The number of benzene rings is 4. The molecule has 1 atom stereocenters. The summed E-state index contributed by atoms with van der Waals surface area (Å²) < 4.78 is 7.81. The molecule has 1 aliphatic rings. The molecule has 43 heavy (non-hydrogen) atoms. The Labute approximate surface area is 260 Å². The number of carbonyl (C=O) groups is 1. The molecule has 2 heterocycles. The molecule has 1 unspecified atom stereocenters. The minimum absolute atomic E-state index is 0.208. The van der Waals surface area contributed by atoms with Gasteiger partial charge in [0.25, 0.3) is 5.91 Å². The van der Waals surface area contributed by atoms with Crippen molar-refractivity contribution in [2.45, 2.75) is 37.4 Å². The van der Waals surface area contributed by atoms with E-state index in [-0.39, 0.29) is 5.91 Å². The van der Waals surface area contributed by atoms with E-state index in [1.165, 1.54) is 11.8 Å². The molecule has 9 heteroatoms. The topological polar surface area (TPSA) is 81.1 Å². The van der Waals surface area contributed by atoms with Crippen molar-refractivity contribution in [1.82, 2.24) is 14.8 Å². The number of thioether (sulfide) groups is 1. The van der Waals surface area contributed by atoms with Crippen molar-refractivity contribution in [3.8, 4) is 5.75 Å². The second kappa shape index (κ2) is 12.8. The van der Waals surface area contributed by atoms with Gasteiger partial charge in [-0.2, -0.15) is 4.98 Å². The zero-order valence-corrected chi connectivity index (χ0v) is 25.3. The number of allylic oxidation sites excluding steroid dienone is 1. The number of aryl methyl sites for hydroxylation is 1. The molecule has 7 nitrogen and oxygen atoms in total. The van der Waals surface area contributed by atoms with Gasteiger partial charge in [-0.15, -0.1) is 5.10 Å². The summed E-state index contributed by atoms with van der Waals surface area (Å²) in [7, 11) is 0. The van der Waals surface area contributed by atoms with Crippen LogP contribution < -0.4 is 15.4 Å². The highest BCUT2D eigenvalue weighted by molar-refractivity contribution is 7.98. The Morgan fingerprint density at radius 3 is 2.44 bits per heavy atom. The molecule has 0 spiro atoms. The Bertz CT molecular complexity index is 1790. The molecule has 0 bridgehead atoms. The monoisotopic (exact) mass is 607 g/mol. The van der Waals surface area contributed by atoms with E-state index in [1.807, 2.05) is 117 Å². The average Bonchev–Trinajstić information content (AvgIpc) is 3.43. The maximum absolute atomic E-state index is 13.9. The number of para-hydroxylation sites is 1. The summed E-state index contributed by atoms with van der Waals surface area (Å²) in [5.74, 6) is 1.72. The number of hydrogen-bond donors (Lipinski definition) is 2. The summed E-state index contributed by atoms with van der Waals surface area (Å²) in [5, 5.41) is 12.6. The zero-order chi connectivity index (χ0) is 29.8. The molecule has 216 valence electrons. The van der Waals surface area contributed by atoms with Gasteiger partial charge >= 0.3 is 0 Å². The molecular weight excluding hydrogens is 578 g/mol. The van der Waals surface area contributed by atoms with Crippen molar-refractivity contribution in [3.63, 3.8) is 0 Å². The van der Waals surface area contributed by atoms with Crippen LogP contribution in [0.3, 0.4) is 0 Å². The maximum Gasteiger partial charge on any atom is 0.255 e. The van der Waals surface area contributed by atoms with Crippen LogP contribution in [0.25, 0.3) is 0 Å². The molecule has 1 amide bonds. The molecule has 0 saturated heterocycles. The van der Waals surface area contributed by atoms with Crippen LogP contribution in [-0.2, 0) is 17.2 Å². The molecule has 6 rings (SSSR count). The van der Waals surface area contributed by atoms with Crippen LogP contribution >= 0.6 is 23.4 Å². The second-order valence-electron chi connectivity index (χ2n) is 10.2. The Morgan fingerprint density at radius 1 is 0.953 bits per heavy atom. The first-order valence-electron chi connectivity index (χ1n) is 13.9. The minimum Gasteiger partial charge on any atom is -0.489 e. The number of ether oxygens (including phenoxy) is 1. The SMILES string of the molecule is CC1=C(C(=O)Nc2ccccc2C)C(c2ccc(OCc3ccccc3)cc2)n2nc(SCc3ccccc3Cl)nc2N1. The predicted octanol–water partition coefficient (Wildman–Crippen LogP) is 8.04. The van der Waals surface area contributed by atoms with E-state index in [1.54, 1.807) is 4.68 Å². The molecule has 1 aliphatic heterocycles. The van der Waals surface area contributed by atoms with Crippen LogP contribution in [0.1, 0.15) is 35.2 Å². The summed E-state index contributed by atoms with van der Waals surface area (Å²) in [5.41, 5.74) is 5.99. The number of anilines is 2. The first-order chi connectivity index (χ1) is 21.0. The van der Waals surface area contributed by atoms with E-state index in [4.69, 9.17) is 26.4 Å². The third-order valence-electron chi connectivity index (χ3n) is 7.23. The number of aromatic nitrogens is 3. The molecule has 2 N–H and O–H groups in total. The van der Waals surface area contributed by atoms with Gasteiger partial charge in [-0.1, -0.05) is 102 Å².